The first-order chi connectivity index (χ1) is 6.77. The zero-order chi connectivity index (χ0) is 9.97. The van der Waals surface area contributed by atoms with E-state index in [9.17, 15) is 0 Å². The fraction of sp³-hybridized carbons (Fsp3) is 0.700. The van der Waals surface area contributed by atoms with E-state index in [0.29, 0.717) is 10.4 Å². The Morgan fingerprint density at radius 1 is 1.21 bits per heavy atom. The fourth-order valence-corrected chi connectivity index (χ4v) is 4.18. The van der Waals surface area contributed by atoms with Gasteiger partial charge in [0.2, 0.25) is 0 Å². The SMILES string of the molecule is Clc1nc(C2CCCCCC2)c(Br)s1. The summed E-state index contributed by atoms with van der Waals surface area (Å²) in [5, 5.41) is 0. The molecular weight excluding hydrogens is 282 g/mol. The van der Waals surface area contributed by atoms with E-state index < -0.39 is 0 Å². The molecule has 0 saturated heterocycles. The number of halogens is 2. The van der Waals surface area contributed by atoms with E-state index in [4.69, 9.17) is 11.6 Å². The van der Waals surface area contributed by atoms with Gasteiger partial charge in [-0.3, -0.25) is 0 Å². The molecule has 0 aliphatic heterocycles. The van der Waals surface area contributed by atoms with Gasteiger partial charge in [0.05, 0.1) is 9.48 Å². The monoisotopic (exact) mass is 293 g/mol. The largest absolute Gasteiger partial charge is 0.229 e. The molecule has 1 nitrogen and oxygen atoms in total. The van der Waals surface area contributed by atoms with Crippen LogP contribution in [0.25, 0.3) is 0 Å². The van der Waals surface area contributed by atoms with Crippen molar-refractivity contribution in [2.24, 2.45) is 0 Å². The molecule has 1 aromatic heterocycles. The Labute approximate surface area is 102 Å². The van der Waals surface area contributed by atoms with Crippen LogP contribution in [0.5, 0.6) is 0 Å². The molecule has 1 aliphatic rings. The van der Waals surface area contributed by atoms with Crippen LogP contribution in [0.2, 0.25) is 4.47 Å². The maximum Gasteiger partial charge on any atom is 0.184 e. The summed E-state index contributed by atoms with van der Waals surface area (Å²) >= 11 is 11.0. The molecule has 0 radical (unpaired) electrons. The summed E-state index contributed by atoms with van der Waals surface area (Å²) in [4.78, 5) is 4.41. The molecule has 78 valence electrons. The van der Waals surface area contributed by atoms with Gasteiger partial charge in [-0.2, -0.15) is 0 Å². The lowest BCUT2D eigenvalue weighted by Gasteiger charge is -2.10. The van der Waals surface area contributed by atoms with E-state index in [-0.39, 0.29) is 0 Å². The Hall–Kier alpha value is 0.400. The predicted octanol–water partition coefficient (Wildman–Crippen LogP) is 5.00. The smallest absolute Gasteiger partial charge is 0.184 e. The Kier molecular flexibility index (Phi) is 3.86. The fourth-order valence-electron chi connectivity index (χ4n) is 2.09. The summed E-state index contributed by atoms with van der Waals surface area (Å²) < 4.78 is 1.80. The van der Waals surface area contributed by atoms with Gasteiger partial charge in [0.15, 0.2) is 4.47 Å². The van der Waals surface area contributed by atoms with Crippen LogP contribution in [0, 0.1) is 0 Å². The lowest BCUT2D eigenvalue weighted by Crippen LogP contribution is -1.98. The van der Waals surface area contributed by atoms with Gasteiger partial charge in [-0.05, 0) is 28.8 Å². The third-order valence-corrected chi connectivity index (χ3v) is 4.68. The highest BCUT2D eigenvalue weighted by Crippen LogP contribution is 2.38. The molecule has 1 aromatic rings. The number of aromatic nitrogens is 1. The second-order valence-electron chi connectivity index (χ2n) is 3.81. The number of nitrogens with zero attached hydrogens (tertiary/aromatic N) is 1. The minimum Gasteiger partial charge on any atom is -0.229 e. The van der Waals surface area contributed by atoms with E-state index >= 15 is 0 Å². The highest BCUT2D eigenvalue weighted by Gasteiger charge is 2.20. The average Bonchev–Trinajstić information content (AvgIpc) is 2.43. The Bertz CT molecular complexity index is 305. The highest BCUT2D eigenvalue weighted by molar-refractivity contribution is 9.11. The van der Waals surface area contributed by atoms with Gasteiger partial charge in [0.1, 0.15) is 0 Å². The van der Waals surface area contributed by atoms with Gasteiger partial charge in [-0.1, -0.05) is 48.6 Å². The van der Waals surface area contributed by atoms with Crippen LogP contribution in [0.15, 0.2) is 3.79 Å². The van der Waals surface area contributed by atoms with E-state index in [1.165, 1.54) is 44.2 Å². The first-order valence-electron chi connectivity index (χ1n) is 5.09. The first-order valence-corrected chi connectivity index (χ1v) is 7.08. The zero-order valence-corrected chi connectivity index (χ0v) is 11.1. The van der Waals surface area contributed by atoms with Crippen LogP contribution in [-0.2, 0) is 0 Å². The lowest BCUT2D eigenvalue weighted by atomic mass is 9.98. The number of thiazole rings is 1. The molecule has 1 fully saturated rings. The summed E-state index contributed by atoms with van der Waals surface area (Å²) in [6.45, 7) is 0. The molecule has 14 heavy (non-hydrogen) atoms. The third kappa shape index (κ3) is 2.50. The second-order valence-corrected chi connectivity index (χ2v) is 6.71. The minimum atomic E-state index is 0.635. The van der Waals surface area contributed by atoms with Crippen LogP contribution in [0.3, 0.4) is 0 Å². The molecule has 2 rings (SSSR count). The molecule has 0 unspecified atom stereocenters. The zero-order valence-electron chi connectivity index (χ0n) is 7.93. The number of hydrogen-bond acceptors (Lipinski definition) is 2. The van der Waals surface area contributed by atoms with Crippen molar-refractivity contribution >= 4 is 38.9 Å². The quantitative estimate of drug-likeness (QED) is 0.664. The third-order valence-electron chi connectivity index (χ3n) is 2.83. The molecule has 0 N–H and O–H groups in total. The van der Waals surface area contributed by atoms with Crippen molar-refractivity contribution in [2.45, 2.75) is 44.4 Å². The van der Waals surface area contributed by atoms with Gasteiger partial charge in [-0.15, -0.1) is 0 Å². The van der Waals surface area contributed by atoms with E-state index in [2.05, 4.69) is 20.9 Å². The average molecular weight is 295 g/mol. The van der Waals surface area contributed by atoms with Crippen LogP contribution in [-0.4, -0.2) is 4.98 Å². The standard InChI is InChI=1S/C10H13BrClNS/c11-9-8(13-10(12)14-9)7-5-3-1-2-4-6-7/h7H,1-6H2. The molecule has 0 bridgehead atoms. The van der Waals surface area contributed by atoms with Crippen molar-refractivity contribution in [1.82, 2.24) is 4.98 Å². The molecular formula is C10H13BrClNS. The maximum atomic E-state index is 5.90. The van der Waals surface area contributed by atoms with Crippen molar-refractivity contribution in [3.05, 3.63) is 13.9 Å². The summed E-state index contributed by atoms with van der Waals surface area (Å²) in [6, 6.07) is 0. The topological polar surface area (TPSA) is 12.9 Å². The summed E-state index contributed by atoms with van der Waals surface area (Å²) in [7, 11) is 0. The minimum absolute atomic E-state index is 0.635. The van der Waals surface area contributed by atoms with Crippen molar-refractivity contribution < 1.29 is 0 Å². The van der Waals surface area contributed by atoms with Crippen molar-refractivity contribution in [3.8, 4) is 0 Å². The van der Waals surface area contributed by atoms with Crippen LogP contribution >= 0.6 is 38.9 Å². The van der Waals surface area contributed by atoms with Crippen molar-refractivity contribution in [1.29, 1.82) is 0 Å². The summed E-state index contributed by atoms with van der Waals surface area (Å²) in [6.07, 6.45) is 7.99. The van der Waals surface area contributed by atoms with Crippen LogP contribution in [0.1, 0.15) is 50.1 Å². The Morgan fingerprint density at radius 3 is 2.36 bits per heavy atom. The van der Waals surface area contributed by atoms with Crippen LogP contribution < -0.4 is 0 Å². The molecule has 0 amide bonds. The van der Waals surface area contributed by atoms with Gasteiger partial charge in [0, 0.05) is 5.92 Å². The van der Waals surface area contributed by atoms with E-state index in [1.807, 2.05) is 0 Å². The van der Waals surface area contributed by atoms with Gasteiger partial charge in [0.25, 0.3) is 0 Å². The first kappa shape index (κ1) is 10.9. The van der Waals surface area contributed by atoms with Gasteiger partial charge < -0.3 is 0 Å². The number of rotatable bonds is 1. The highest BCUT2D eigenvalue weighted by atomic mass is 79.9. The number of hydrogen-bond donors (Lipinski definition) is 0. The molecule has 0 spiro atoms. The second kappa shape index (κ2) is 4.95. The van der Waals surface area contributed by atoms with Crippen molar-refractivity contribution in [3.63, 3.8) is 0 Å². The normalized spacial score (nSPS) is 19.6. The van der Waals surface area contributed by atoms with Gasteiger partial charge >= 0.3 is 0 Å². The molecule has 1 heterocycles. The molecule has 1 aliphatic carbocycles. The maximum absolute atomic E-state index is 5.90. The molecule has 0 aromatic carbocycles. The molecule has 4 heteroatoms. The van der Waals surface area contributed by atoms with Crippen LogP contribution in [0.4, 0.5) is 0 Å². The summed E-state index contributed by atoms with van der Waals surface area (Å²) in [5.74, 6) is 0.635. The predicted molar refractivity (Wildman–Crippen MR) is 65.3 cm³/mol. The molecule has 1 saturated carbocycles. The Morgan fingerprint density at radius 2 is 1.86 bits per heavy atom. The van der Waals surface area contributed by atoms with E-state index in [1.54, 1.807) is 11.3 Å². The lowest BCUT2D eigenvalue weighted by molar-refractivity contribution is 0.579. The van der Waals surface area contributed by atoms with E-state index in [0.717, 1.165) is 3.79 Å². The summed E-state index contributed by atoms with van der Waals surface area (Å²) in [5.41, 5.74) is 1.20. The van der Waals surface area contributed by atoms with Crippen molar-refractivity contribution in [2.75, 3.05) is 0 Å². The molecule has 0 atom stereocenters. The van der Waals surface area contributed by atoms with Gasteiger partial charge in [-0.25, -0.2) is 4.98 Å². The Balaban J connectivity index is 2.15.